The second kappa shape index (κ2) is 5.95. The van der Waals surface area contributed by atoms with E-state index in [9.17, 15) is 13.2 Å². The van der Waals surface area contributed by atoms with Gasteiger partial charge in [0.15, 0.2) is 0 Å². The van der Waals surface area contributed by atoms with Crippen LogP contribution in [0, 0.1) is 0 Å². The zero-order valence-electron chi connectivity index (χ0n) is 11.3. The predicted octanol–water partition coefficient (Wildman–Crippen LogP) is 3.88. The molecule has 2 aromatic rings. The van der Waals surface area contributed by atoms with E-state index >= 15 is 0 Å². The smallest absolute Gasteiger partial charge is 0.416 e. The van der Waals surface area contributed by atoms with Gasteiger partial charge in [-0.2, -0.15) is 13.2 Å². The number of nitrogen functional groups attached to an aromatic ring is 1. The highest BCUT2D eigenvalue weighted by molar-refractivity contribution is 5.46. The standard InChI is InChI=1S/C15H14F3NO2/c1-20-12-3-2-4-13(8-12)21-9-10-5-6-11(19)7-14(10)15(16,17)18/h2-8H,9,19H2,1H3. The van der Waals surface area contributed by atoms with Gasteiger partial charge in [0.25, 0.3) is 0 Å². The third-order valence-electron chi connectivity index (χ3n) is 2.87. The zero-order chi connectivity index (χ0) is 15.5. The van der Waals surface area contributed by atoms with Gasteiger partial charge in [0.05, 0.1) is 12.7 Å². The van der Waals surface area contributed by atoms with Gasteiger partial charge in [-0.1, -0.05) is 12.1 Å². The number of alkyl halides is 3. The van der Waals surface area contributed by atoms with E-state index < -0.39 is 11.7 Å². The Morgan fingerprint density at radius 1 is 1.05 bits per heavy atom. The zero-order valence-corrected chi connectivity index (χ0v) is 11.3. The van der Waals surface area contributed by atoms with E-state index in [0.29, 0.717) is 11.5 Å². The molecule has 0 aliphatic rings. The van der Waals surface area contributed by atoms with Crippen LogP contribution >= 0.6 is 0 Å². The van der Waals surface area contributed by atoms with Crippen molar-refractivity contribution in [3.8, 4) is 11.5 Å². The molecule has 112 valence electrons. The van der Waals surface area contributed by atoms with Crippen molar-refractivity contribution in [2.45, 2.75) is 12.8 Å². The van der Waals surface area contributed by atoms with Crippen LogP contribution in [0.15, 0.2) is 42.5 Å². The fourth-order valence-corrected chi connectivity index (χ4v) is 1.84. The first-order valence-electron chi connectivity index (χ1n) is 6.12. The summed E-state index contributed by atoms with van der Waals surface area (Å²) in [4.78, 5) is 0. The normalized spacial score (nSPS) is 11.2. The van der Waals surface area contributed by atoms with Crippen molar-refractivity contribution in [1.29, 1.82) is 0 Å². The maximum atomic E-state index is 12.9. The molecule has 0 spiro atoms. The molecule has 0 amide bonds. The molecule has 0 saturated carbocycles. The molecule has 0 saturated heterocycles. The molecule has 0 bridgehead atoms. The van der Waals surface area contributed by atoms with E-state index in [0.717, 1.165) is 6.07 Å². The van der Waals surface area contributed by atoms with E-state index in [2.05, 4.69) is 0 Å². The van der Waals surface area contributed by atoms with Gasteiger partial charge in [0, 0.05) is 17.3 Å². The van der Waals surface area contributed by atoms with Gasteiger partial charge >= 0.3 is 6.18 Å². The number of anilines is 1. The first-order valence-corrected chi connectivity index (χ1v) is 6.12. The number of halogens is 3. The van der Waals surface area contributed by atoms with Crippen LogP contribution in [0.3, 0.4) is 0 Å². The highest BCUT2D eigenvalue weighted by atomic mass is 19.4. The number of methoxy groups -OCH3 is 1. The van der Waals surface area contributed by atoms with Crippen molar-refractivity contribution in [3.05, 3.63) is 53.6 Å². The maximum absolute atomic E-state index is 12.9. The van der Waals surface area contributed by atoms with Crippen molar-refractivity contribution in [2.24, 2.45) is 0 Å². The molecule has 2 N–H and O–H groups in total. The van der Waals surface area contributed by atoms with Crippen LogP contribution < -0.4 is 15.2 Å². The van der Waals surface area contributed by atoms with Gasteiger partial charge in [-0.25, -0.2) is 0 Å². The molecule has 0 atom stereocenters. The van der Waals surface area contributed by atoms with E-state index in [4.69, 9.17) is 15.2 Å². The van der Waals surface area contributed by atoms with Crippen LogP contribution in [0.1, 0.15) is 11.1 Å². The number of nitrogens with two attached hydrogens (primary N) is 1. The molecule has 6 heteroatoms. The lowest BCUT2D eigenvalue weighted by Gasteiger charge is -2.14. The minimum atomic E-state index is -4.47. The average Bonchev–Trinajstić information content (AvgIpc) is 2.45. The molecule has 0 aliphatic heterocycles. The van der Waals surface area contributed by atoms with E-state index in [-0.39, 0.29) is 17.9 Å². The molecular weight excluding hydrogens is 283 g/mol. The minimum absolute atomic E-state index is 0.0273. The van der Waals surface area contributed by atoms with Crippen LogP contribution in [0.5, 0.6) is 11.5 Å². The quantitative estimate of drug-likeness (QED) is 0.871. The Balaban J connectivity index is 2.20. The van der Waals surface area contributed by atoms with E-state index in [1.165, 1.54) is 19.2 Å². The molecule has 2 aromatic carbocycles. The third kappa shape index (κ3) is 3.81. The third-order valence-corrected chi connectivity index (χ3v) is 2.87. The summed E-state index contributed by atoms with van der Waals surface area (Å²) in [5.74, 6) is 1.00. The molecule has 0 radical (unpaired) electrons. The summed E-state index contributed by atoms with van der Waals surface area (Å²) in [7, 11) is 1.50. The largest absolute Gasteiger partial charge is 0.497 e. The number of hydrogen-bond acceptors (Lipinski definition) is 3. The molecule has 0 aliphatic carbocycles. The summed E-state index contributed by atoms with van der Waals surface area (Å²) < 4.78 is 49.2. The lowest BCUT2D eigenvalue weighted by molar-refractivity contribution is -0.138. The molecule has 2 rings (SSSR count). The topological polar surface area (TPSA) is 44.5 Å². The Bertz CT molecular complexity index is 627. The molecular formula is C15H14F3NO2. The minimum Gasteiger partial charge on any atom is -0.497 e. The summed E-state index contributed by atoms with van der Waals surface area (Å²) in [6, 6.07) is 10.3. The Kier molecular flexibility index (Phi) is 4.26. The molecule has 0 fully saturated rings. The predicted molar refractivity (Wildman–Crippen MR) is 73.2 cm³/mol. The lowest BCUT2D eigenvalue weighted by atomic mass is 10.1. The van der Waals surface area contributed by atoms with Gasteiger partial charge in [-0.3, -0.25) is 0 Å². The average molecular weight is 297 g/mol. The molecule has 0 unspecified atom stereocenters. The second-order valence-corrected chi connectivity index (χ2v) is 4.38. The van der Waals surface area contributed by atoms with Crippen molar-refractivity contribution in [3.63, 3.8) is 0 Å². The number of hydrogen-bond donors (Lipinski definition) is 1. The van der Waals surface area contributed by atoms with E-state index in [1.54, 1.807) is 24.3 Å². The van der Waals surface area contributed by atoms with Gasteiger partial charge < -0.3 is 15.2 Å². The number of ether oxygens (including phenoxy) is 2. The second-order valence-electron chi connectivity index (χ2n) is 4.38. The molecule has 0 heterocycles. The summed E-state index contributed by atoms with van der Waals surface area (Å²) in [5.41, 5.74) is 4.72. The van der Waals surface area contributed by atoms with Gasteiger partial charge in [-0.05, 0) is 24.3 Å². The van der Waals surface area contributed by atoms with Crippen molar-refractivity contribution in [2.75, 3.05) is 12.8 Å². The van der Waals surface area contributed by atoms with Gasteiger partial charge in [-0.15, -0.1) is 0 Å². The Morgan fingerprint density at radius 2 is 1.76 bits per heavy atom. The van der Waals surface area contributed by atoms with Crippen molar-refractivity contribution in [1.82, 2.24) is 0 Å². The Labute approximate surface area is 120 Å². The fourth-order valence-electron chi connectivity index (χ4n) is 1.84. The fraction of sp³-hybridized carbons (Fsp3) is 0.200. The number of rotatable bonds is 4. The van der Waals surface area contributed by atoms with Crippen LogP contribution in [0.2, 0.25) is 0 Å². The number of benzene rings is 2. The van der Waals surface area contributed by atoms with Crippen LogP contribution in [-0.2, 0) is 12.8 Å². The highest BCUT2D eigenvalue weighted by Gasteiger charge is 2.33. The lowest BCUT2D eigenvalue weighted by Crippen LogP contribution is -2.11. The summed E-state index contributed by atoms with van der Waals surface area (Å²) in [6.07, 6.45) is -4.47. The highest BCUT2D eigenvalue weighted by Crippen LogP contribution is 2.34. The first kappa shape index (κ1) is 15.0. The monoisotopic (exact) mass is 297 g/mol. The SMILES string of the molecule is COc1cccc(OCc2ccc(N)cc2C(F)(F)F)c1. The van der Waals surface area contributed by atoms with Crippen LogP contribution in [-0.4, -0.2) is 7.11 Å². The maximum Gasteiger partial charge on any atom is 0.416 e. The van der Waals surface area contributed by atoms with E-state index in [1.807, 2.05) is 0 Å². The summed E-state index contributed by atoms with van der Waals surface area (Å²) >= 11 is 0. The van der Waals surface area contributed by atoms with Crippen LogP contribution in [0.25, 0.3) is 0 Å². The molecule has 21 heavy (non-hydrogen) atoms. The Morgan fingerprint density at radius 3 is 2.43 bits per heavy atom. The van der Waals surface area contributed by atoms with Gasteiger partial charge in [0.1, 0.15) is 18.1 Å². The summed E-state index contributed by atoms with van der Waals surface area (Å²) in [6.45, 7) is -0.206. The Hall–Kier alpha value is -2.37. The van der Waals surface area contributed by atoms with Gasteiger partial charge in [0.2, 0.25) is 0 Å². The van der Waals surface area contributed by atoms with Crippen molar-refractivity contribution < 1.29 is 22.6 Å². The molecule has 3 nitrogen and oxygen atoms in total. The summed E-state index contributed by atoms with van der Waals surface area (Å²) in [5, 5.41) is 0. The van der Waals surface area contributed by atoms with Crippen molar-refractivity contribution >= 4 is 5.69 Å². The first-order chi connectivity index (χ1) is 9.90. The molecule has 0 aromatic heterocycles. The van der Waals surface area contributed by atoms with Crippen LogP contribution in [0.4, 0.5) is 18.9 Å².